The van der Waals surface area contributed by atoms with Gasteiger partial charge < -0.3 is 15.8 Å². The van der Waals surface area contributed by atoms with Crippen molar-refractivity contribution in [3.8, 4) is 23.3 Å². The number of aromatic nitrogens is 1. The molecule has 0 aliphatic heterocycles. The number of hydrogen-bond acceptors (Lipinski definition) is 9. The first-order valence-electron chi connectivity index (χ1n) is 12.8. The van der Waals surface area contributed by atoms with Crippen LogP contribution in [-0.4, -0.2) is 29.7 Å². The highest BCUT2D eigenvalue weighted by Gasteiger charge is 2.26. The summed E-state index contributed by atoms with van der Waals surface area (Å²) in [5.74, 6) is -0.319. The monoisotopic (exact) mass is 559 g/mol. The molecular formula is C29H29N5O3S2. The zero-order chi connectivity index (χ0) is 27.9. The van der Waals surface area contributed by atoms with Gasteiger partial charge in [-0.05, 0) is 48.8 Å². The molecule has 10 heteroatoms. The molecule has 0 unspecified atom stereocenters. The number of nitrogen functional groups attached to an aromatic ring is 1. The predicted octanol–water partition coefficient (Wildman–Crippen LogP) is 5.87. The highest BCUT2D eigenvalue weighted by atomic mass is 32.2. The number of fused-ring (bicyclic) bond motifs is 1. The summed E-state index contributed by atoms with van der Waals surface area (Å²) in [5, 5.41) is 23.6. The van der Waals surface area contributed by atoms with Gasteiger partial charge in [-0.15, -0.1) is 23.1 Å². The van der Waals surface area contributed by atoms with Gasteiger partial charge in [-0.3, -0.25) is 4.79 Å². The number of methoxy groups -OCH3 is 1. The number of pyridine rings is 1. The van der Waals surface area contributed by atoms with E-state index in [0.29, 0.717) is 32.5 Å². The van der Waals surface area contributed by atoms with Crippen LogP contribution in [0.5, 0.6) is 0 Å². The van der Waals surface area contributed by atoms with Crippen LogP contribution in [0.2, 0.25) is 0 Å². The quantitative estimate of drug-likeness (QED) is 0.198. The van der Waals surface area contributed by atoms with Crippen molar-refractivity contribution in [3.05, 3.63) is 57.0 Å². The Labute approximate surface area is 236 Å². The van der Waals surface area contributed by atoms with E-state index in [1.54, 1.807) is 0 Å². The molecule has 39 heavy (non-hydrogen) atoms. The number of thiophene rings is 1. The summed E-state index contributed by atoms with van der Waals surface area (Å²) in [6.45, 7) is 2.05. The van der Waals surface area contributed by atoms with E-state index in [4.69, 9.17) is 10.5 Å². The maximum atomic E-state index is 12.9. The van der Waals surface area contributed by atoms with Crippen molar-refractivity contribution in [1.29, 1.82) is 10.5 Å². The van der Waals surface area contributed by atoms with E-state index in [0.717, 1.165) is 54.5 Å². The smallest absolute Gasteiger partial charge is 0.341 e. The topological polar surface area (TPSA) is 142 Å². The van der Waals surface area contributed by atoms with Gasteiger partial charge in [0.15, 0.2) is 0 Å². The van der Waals surface area contributed by atoms with E-state index < -0.39 is 5.97 Å². The van der Waals surface area contributed by atoms with Crippen molar-refractivity contribution in [2.75, 3.05) is 23.9 Å². The fourth-order valence-electron chi connectivity index (χ4n) is 4.68. The van der Waals surface area contributed by atoms with Crippen LogP contribution in [0.1, 0.15) is 70.1 Å². The van der Waals surface area contributed by atoms with Crippen LogP contribution >= 0.6 is 23.1 Å². The molecule has 3 aromatic rings. The number of carbonyl (C=O) groups excluding carboxylic acids is 2. The summed E-state index contributed by atoms with van der Waals surface area (Å²) in [5.41, 5.74) is 10.3. The lowest BCUT2D eigenvalue weighted by atomic mass is 9.96. The molecule has 1 aliphatic carbocycles. The number of anilines is 2. The number of nitrogens with one attached hydrogen (secondary N) is 1. The van der Waals surface area contributed by atoms with Crippen LogP contribution in [0.15, 0.2) is 29.3 Å². The first-order chi connectivity index (χ1) is 18.9. The second-order valence-electron chi connectivity index (χ2n) is 9.11. The second kappa shape index (κ2) is 12.8. The Hall–Kier alpha value is -3.86. The van der Waals surface area contributed by atoms with E-state index in [-0.39, 0.29) is 29.3 Å². The molecule has 2 aromatic heterocycles. The van der Waals surface area contributed by atoms with Crippen molar-refractivity contribution in [2.45, 2.75) is 56.9 Å². The number of nitrogens with two attached hydrogens (primary N) is 1. The van der Waals surface area contributed by atoms with Gasteiger partial charge >= 0.3 is 5.97 Å². The minimum absolute atomic E-state index is 0.0424. The van der Waals surface area contributed by atoms with Crippen molar-refractivity contribution < 1.29 is 14.3 Å². The Morgan fingerprint density at radius 1 is 1.13 bits per heavy atom. The van der Waals surface area contributed by atoms with Crippen LogP contribution in [0.4, 0.5) is 10.8 Å². The van der Waals surface area contributed by atoms with Crippen molar-refractivity contribution in [3.63, 3.8) is 0 Å². The average molecular weight is 560 g/mol. The number of esters is 1. The Kier molecular flexibility index (Phi) is 9.23. The lowest BCUT2D eigenvalue weighted by Crippen LogP contribution is -2.15. The first-order valence-corrected chi connectivity index (χ1v) is 14.6. The average Bonchev–Trinajstić information content (AvgIpc) is 3.11. The highest BCUT2D eigenvalue weighted by Crippen LogP contribution is 2.39. The molecule has 0 fully saturated rings. The van der Waals surface area contributed by atoms with Crippen LogP contribution < -0.4 is 11.1 Å². The standard InChI is InChI=1S/C29H29N5O3S2/c1-3-17-9-11-18(12-10-17)24-20(15-30)26(32)34-27(21(24)16-31)38-14-13-23(35)33-28-25(29(36)37-2)19-7-5-4-6-8-22(19)39-28/h9-12H,3-8,13-14H2,1-2H3,(H2,32,34)(H,33,35). The zero-order valence-corrected chi connectivity index (χ0v) is 23.6. The number of nitrogens with zero attached hydrogens (tertiary/aromatic N) is 3. The van der Waals surface area contributed by atoms with Crippen LogP contribution in [-0.2, 0) is 28.8 Å². The number of amides is 1. The van der Waals surface area contributed by atoms with E-state index in [1.807, 2.05) is 24.3 Å². The summed E-state index contributed by atoms with van der Waals surface area (Å²) in [4.78, 5) is 30.9. The summed E-state index contributed by atoms with van der Waals surface area (Å²) < 4.78 is 5.02. The van der Waals surface area contributed by atoms with Gasteiger partial charge in [0.2, 0.25) is 5.91 Å². The van der Waals surface area contributed by atoms with Gasteiger partial charge in [0.25, 0.3) is 0 Å². The third-order valence-corrected chi connectivity index (χ3v) is 8.88. The Balaban J connectivity index is 1.53. The van der Waals surface area contributed by atoms with Gasteiger partial charge in [0.1, 0.15) is 33.5 Å². The minimum atomic E-state index is -0.436. The number of carbonyl (C=O) groups is 2. The van der Waals surface area contributed by atoms with E-state index >= 15 is 0 Å². The molecule has 1 amide bonds. The van der Waals surface area contributed by atoms with Gasteiger partial charge in [-0.25, -0.2) is 9.78 Å². The summed E-state index contributed by atoms with van der Waals surface area (Å²) in [7, 11) is 1.35. The number of thioether (sulfide) groups is 1. The Bertz CT molecular complexity index is 1480. The molecule has 1 aliphatic rings. The molecule has 3 N–H and O–H groups in total. The molecule has 0 bridgehead atoms. The third-order valence-electron chi connectivity index (χ3n) is 6.70. The highest BCUT2D eigenvalue weighted by molar-refractivity contribution is 7.99. The molecular weight excluding hydrogens is 530 g/mol. The van der Waals surface area contributed by atoms with Gasteiger partial charge in [-0.2, -0.15) is 10.5 Å². The molecule has 0 atom stereocenters. The lowest BCUT2D eigenvalue weighted by molar-refractivity contribution is -0.115. The summed E-state index contributed by atoms with van der Waals surface area (Å²) >= 11 is 2.68. The minimum Gasteiger partial charge on any atom is -0.465 e. The molecule has 2 heterocycles. The molecule has 0 saturated carbocycles. The maximum absolute atomic E-state index is 12.9. The number of benzene rings is 1. The third kappa shape index (κ3) is 6.08. The van der Waals surface area contributed by atoms with Gasteiger partial charge in [-0.1, -0.05) is 37.6 Å². The molecule has 0 radical (unpaired) electrons. The molecule has 200 valence electrons. The Morgan fingerprint density at radius 2 is 1.85 bits per heavy atom. The van der Waals surface area contributed by atoms with Gasteiger partial charge in [0, 0.05) is 22.6 Å². The fraction of sp³-hybridized carbons (Fsp3) is 0.345. The number of ether oxygens (including phenoxy) is 1. The lowest BCUT2D eigenvalue weighted by Gasteiger charge is -2.13. The zero-order valence-electron chi connectivity index (χ0n) is 21.9. The molecule has 1 aromatic carbocycles. The summed E-state index contributed by atoms with van der Waals surface area (Å²) in [6, 6.07) is 11.9. The van der Waals surface area contributed by atoms with Gasteiger partial charge in [0.05, 0.1) is 18.2 Å². The number of hydrogen-bond donors (Lipinski definition) is 2. The number of aryl methyl sites for hydroxylation is 2. The largest absolute Gasteiger partial charge is 0.465 e. The molecule has 4 rings (SSSR count). The van der Waals surface area contributed by atoms with Crippen molar-refractivity contribution in [2.24, 2.45) is 0 Å². The molecule has 0 saturated heterocycles. The predicted molar refractivity (Wildman–Crippen MR) is 154 cm³/mol. The molecule has 0 spiro atoms. The SMILES string of the molecule is CCc1ccc(-c2c(C#N)c(N)nc(SCCC(=O)Nc3sc4c(c3C(=O)OC)CCCCC4)c2C#N)cc1. The Morgan fingerprint density at radius 3 is 2.51 bits per heavy atom. The van der Waals surface area contributed by atoms with Crippen molar-refractivity contribution in [1.82, 2.24) is 4.98 Å². The van der Waals surface area contributed by atoms with E-state index in [9.17, 15) is 20.1 Å². The summed E-state index contributed by atoms with van der Waals surface area (Å²) in [6.07, 6.45) is 5.87. The normalized spacial score (nSPS) is 12.5. The first kappa shape index (κ1) is 28.2. The van der Waals surface area contributed by atoms with E-state index in [1.165, 1.54) is 30.2 Å². The second-order valence-corrected chi connectivity index (χ2v) is 11.3. The fourth-order valence-corrected chi connectivity index (χ4v) is 6.91. The number of rotatable bonds is 8. The maximum Gasteiger partial charge on any atom is 0.341 e. The van der Waals surface area contributed by atoms with Crippen LogP contribution in [0, 0.1) is 22.7 Å². The molecule has 8 nitrogen and oxygen atoms in total. The van der Waals surface area contributed by atoms with Crippen LogP contribution in [0.25, 0.3) is 11.1 Å². The van der Waals surface area contributed by atoms with E-state index in [2.05, 4.69) is 29.4 Å². The number of nitriles is 2. The van der Waals surface area contributed by atoms with Crippen LogP contribution in [0.3, 0.4) is 0 Å². The van der Waals surface area contributed by atoms with Crippen molar-refractivity contribution >= 4 is 45.8 Å².